The summed E-state index contributed by atoms with van der Waals surface area (Å²) in [6.45, 7) is 7.98. The summed E-state index contributed by atoms with van der Waals surface area (Å²) in [7, 11) is 0. The van der Waals surface area contributed by atoms with Crippen molar-refractivity contribution in [2.45, 2.75) is 58.3 Å². The van der Waals surface area contributed by atoms with Gasteiger partial charge in [-0.15, -0.1) is 0 Å². The maximum Gasteiger partial charge on any atom is 0.181 e. The first kappa shape index (κ1) is 13.5. The van der Waals surface area contributed by atoms with Gasteiger partial charge in [-0.25, -0.2) is 0 Å². The van der Waals surface area contributed by atoms with Gasteiger partial charge in [-0.1, -0.05) is 19.9 Å². The number of epoxide rings is 1. The van der Waals surface area contributed by atoms with Crippen LogP contribution in [0.4, 0.5) is 0 Å². The molecule has 1 saturated heterocycles. The van der Waals surface area contributed by atoms with Crippen LogP contribution < -0.4 is 0 Å². The van der Waals surface area contributed by atoms with Crippen LogP contribution in [0.25, 0.3) is 0 Å². The average Bonchev–Trinajstić information content (AvgIpc) is 2.82. The standard InChI is InChI=1S/C15H22O3/c1-10-7-11(16)8-15(4)13(18-15)9-14(2,3)6-5-12(10)17/h5-7,11,13,16H,8-9H2,1-4H3/b6-5-,10-7-/t11-,13+,15+/m0/s1. The van der Waals surface area contributed by atoms with E-state index >= 15 is 0 Å². The maximum atomic E-state index is 11.9. The molecular weight excluding hydrogens is 228 g/mol. The molecule has 1 heterocycles. The quantitative estimate of drug-likeness (QED) is 0.672. The zero-order valence-corrected chi connectivity index (χ0v) is 11.6. The number of hydrogen-bond acceptors (Lipinski definition) is 3. The van der Waals surface area contributed by atoms with Crippen molar-refractivity contribution in [1.82, 2.24) is 0 Å². The number of ketones is 1. The molecule has 0 aromatic heterocycles. The van der Waals surface area contributed by atoms with Crippen molar-refractivity contribution in [3.63, 3.8) is 0 Å². The van der Waals surface area contributed by atoms with E-state index < -0.39 is 6.10 Å². The van der Waals surface area contributed by atoms with Crippen molar-refractivity contribution in [2.75, 3.05) is 0 Å². The summed E-state index contributed by atoms with van der Waals surface area (Å²) < 4.78 is 5.74. The molecule has 0 spiro atoms. The fourth-order valence-electron chi connectivity index (χ4n) is 2.55. The highest BCUT2D eigenvalue weighted by atomic mass is 16.6. The summed E-state index contributed by atoms with van der Waals surface area (Å²) in [5.41, 5.74) is 0.291. The van der Waals surface area contributed by atoms with Gasteiger partial charge in [0, 0.05) is 6.42 Å². The SMILES string of the molecule is C/C1=C/[C@H](O)C[C@@]2(C)O[C@@H]2CC(C)(C)/C=C\C1=O. The van der Waals surface area contributed by atoms with E-state index in [4.69, 9.17) is 4.74 Å². The number of carbonyl (C=O) groups is 1. The predicted octanol–water partition coefficient (Wildman–Crippen LogP) is 2.40. The molecule has 0 radical (unpaired) electrons. The fraction of sp³-hybridized carbons (Fsp3) is 0.667. The molecule has 0 unspecified atom stereocenters. The summed E-state index contributed by atoms with van der Waals surface area (Å²) in [6, 6.07) is 0. The third kappa shape index (κ3) is 2.90. The minimum atomic E-state index is -0.612. The van der Waals surface area contributed by atoms with Gasteiger partial charge in [0.05, 0.1) is 17.8 Å². The summed E-state index contributed by atoms with van der Waals surface area (Å²) in [5.74, 6) is -0.0243. The van der Waals surface area contributed by atoms with Gasteiger partial charge >= 0.3 is 0 Å². The van der Waals surface area contributed by atoms with Crippen molar-refractivity contribution in [1.29, 1.82) is 0 Å². The van der Waals surface area contributed by atoms with E-state index in [1.54, 1.807) is 19.1 Å². The van der Waals surface area contributed by atoms with Crippen LogP contribution in [-0.4, -0.2) is 28.7 Å². The molecule has 2 aliphatic rings. The number of hydrogen-bond donors (Lipinski definition) is 1. The maximum absolute atomic E-state index is 11.9. The molecule has 0 bridgehead atoms. The lowest BCUT2D eigenvalue weighted by Gasteiger charge is -2.19. The molecule has 0 saturated carbocycles. The second-order valence-corrected chi connectivity index (χ2v) is 6.43. The predicted molar refractivity (Wildman–Crippen MR) is 70.2 cm³/mol. The minimum absolute atomic E-state index is 0.0243. The number of ether oxygens (including phenoxy) is 1. The molecule has 100 valence electrons. The van der Waals surface area contributed by atoms with Gasteiger partial charge in [-0.2, -0.15) is 0 Å². The number of rotatable bonds is 0. The molecule has 1 aliphatic heterocycles. The zero-order chi connectivity index (χ0) is 13.6. The van der Waals surface area contributed by atoms with Crippen molar-refractivity contribution in [2.24, 2.45) is 5.41 Å². The van der Waals surface area contributed by atoms with E-state index in [9.17, 15) is 9.90 Å². The molecule has 3 atom stereocenters. The monoisotopic (exact) mass is 250 g/mol. The molecule has 18 heavy (non-hydrogen) atoms. The van der Waals surface area contributed by atoms with Crippen molar-refractivity contribution >= 4 is 5.78 Å². The Morgan fingerprint density at radius 3 is 2.67 bits per heavy atom. The number of carbonyl (C=O) groups excluding carboxylic acids is 1. The molecule has 3 nitrogen and oxygen atoms in total. The van der Waals surface area contributed by atoms with Gasteiger partial charge < -0.3 is 9.84 Å². The summed E-state index contributed by atoms with van der Waals surface area (Å²) >= 11 is 0. The number of aliphatic hydroxyl groups excluding tert-OH is 1. The summed E-state index contributed by atoms with van der Waals surface area (Å²) in [4.78, 5) is 11.9. The fourth-order valence-corrected chi connectivity index (χ4v) is 2.55. The number of aliphatic hydroxyl groups is 1. The first-order valence-electron chi connectivity index (χ1n) is 6.50. The molecule has 1 fully saturated rings. The second kappa shape index (κ2) is 4.32. The molecule has 1 aliphatic carbocycles. The Kier molecular flexibility index (Phi) is 3.24. The molecule has 0 aromatic carbocycles. The van der Waals surface area contributed by atoms with Gasteiger partial charge in [-0.3, -0.25) is 4.79 Å². The Morgan fingerprint density at radius 2 is 2.00 bits per heavy atom. The topological polar surface area (TPSA) is 49.8 Å². The van der Waals surface area contributed by atoms with E-state index in [1.807, 2.05) is 13.0 Å². The summed E-state index contributed by atoms with van der Waals surface area (Å²) in [5, 5.41) is 9.97. The smallest absolute Gasteiger partial charge is 0.181 e. The largest absolute Gasteiger partial charge is 0.389 e. The highest BCUT2D eigenvalue weighted by Gasteiger charge is 2.54. The highest BCUT2D eigenvalue weighted by Crippen LogP contribution is 2.46. The van der Waals surface area contributed by atoms with Crippen LogP contribution >= 0.6 is 0 Å². The van der Waals surface area contributed by atoms with Crippen LogP contribution in [0.1, 0.15) is 40.5 Å². The molecule has 1 N–H and O–H groups in total. The lowest BCUT2D eigenvalue weighted by Crippen LogP contribution is -2.21. The van der Waals surface area contributed by atoms with E-state index in [0.717, 1.165) is 6.42 Å². The Labute approximate surface area is 109 Å². The van der Waals surface area contributed by atoms with Gasteiger partial charge in [0.15, 0.2) is 5.78 Å². The van der Waals surface area contributed by atoms with E-state index in [2.05, 4.69) is 13.8 Å². The van der Waals surface area contributed by atoms with Crippen LogP contribution in [0.5, 0.6) is 0 Å². The van der Waals surface area contributed by atoms with Gasteiger partial charge in [0.1, 0.15) is 0 Å². The number of allylic oxidation sites excluding steroid dienone is 3. The van der Waals surface area contributed by atoms with Crippen molar-refractivity contribution < 1.29 is 14.6 Å². The summed E-state index contributed by atoms with van der Waals surface area (Å²) in [6.07, 6.45) is 6.19. The molecular formula is C15H22O3. The Hall–Kier alpha value is -0.930. The van der Waals surface area contributed by atoms with Gasteiger partial charge in [-0.05, 0) is 43.4 Å². The van der Waals surface area contributed by atoms with E-state index in [-0.39, 0.29) is 22.9 Å². The van der Waals surface area contributed by atoms with E-state index in [0.29, 0.717) is 12.0 Å². The second-order valence-electron chi connectivity index (χ2n) is 6.43. The molecule has 2 rings (SSSR count). The normalized spacial score (nSPS) is 44.3. The molecule has 0 aromatic rings. The third-order valence-corrected chi connectivity index (χ3v) is 3.88. The van der Waals surface area contributed by atoms with Gasteiger partial charge in [0.2, 0.25) is 0 Å². The van der Waals surface area contributed by atoms with Crippen molar-refractivity contribution in [3.05, 3.63) is 23.8 Å². The minimum Gasteiger partial charge on any atom is -0.389 e. The van der Waals surface area contributed by atoms with Crippen LogP contribution in [0.15, 0.2) is 23.8 Å². The Bertz CT molecular complexity index is 419. The lowest BCUT2D eigenvalue weighted by molar-refractivity contribution is -0.111. The first-order chi connectivity index (χ1) is 8.22. The Morgan fingerprint density at radius 1 is 1.33 bits per heavy atom. The average molecular weight is 250 g/mol. The van der Waals surface area contributed by atoms with Gasteiger partial charge in [0.25, 0.3) is 0 Å². The Balaban J connectivity index is 2.27. The highest BCUT2D eigenvalue weighted by molar-refractivity contribution is 6.03. The van der Waals surface area contributed by atoms with Crippen LogP contribution in [0, 0.1) is 5.41 Å². The lowest BCUT2D eigenvalue weighted by atomic mass is 9.83. The zero-order valence-electron chi connectivity index (χ0n) is 11.6. The number of fused-ring (bicyclic) bond motifs is 1. The third-order valence-electron chi connectivity index (χ3n) is 3.88. The van der Waals surface area contributed by atoms with Crippen molar-refractivity contribution in [3.8, 4) is 0 Å². The molecule has 0 amide bonds. The van der Waals surface area contributed by atoms with Crippen LogP contribution in [0.2, 0.25) is 0 Å². The van der Waals surface area contributed by atoms with Crippen LogP contribution in [-0.2, 0) is 9.53 Å². The van der Waals surface area contributed by atoms with E-state index in [1.165, 1.54) is 0 Å². The molecule has 3 heteroatoms. The van der Waals surface area contributed by atoms with Crippen LogP contribution in [0.3, 0.4) is 0 Å². The first-order valence-corrected chi connectivity index (χ1v) is 6.50.